The van der Waals surface area contributed by atoms with E-state index in [1.54, 1.807) is 36.4 Å². The smallest absolute Gasteiger partial charge is 0.343 e. The molecule has 0 aromatic heterocycles. The Labute approximate surface area is 192 Å². The highest BCUT2D eigenvalue weighted by molar-refractivity contribution is 5.91. The molecule has 6 heteroatoms. The van der Waals surface area contributed by atoms with Crippen molar-refractivity contribution >= 4 is 5.97 Å². The molecule has 0 spiro atoms. The minimum absolute atomic E-state index is 0.0162. The van der Waals surface area contributed by atoms with Gasteiger partial charge in [-0.05, 0) is 37.6 Å². The van der Waals surface area contributed by atoms with Crippen molar-refractivity contribution in [3.63, 3.8) is 0 Å². The van der Waals surface area contributed by atoms with E-state index in [1.165, 1.54) is 0 Å². The van der Waals surface area contributed by atoms with E-state index in [1.807, 2.05) is 44.2 Å². The van der Waals surface area contributed by atoms with Crippen molar-refractivity contribution in [2.75, 3.05) is 6.61 Å². The summed E-state index contributed by atoms with van der Waals surface area (Å²) in [6.07, 6.45) is 0.859. The van der Waals surface area contributed by atoms with Gasteiger partial charge >= 0.3 is 5.97 Å². The van der Waals surface area contributed by atoms with Crippen LogP contribution in [0, 0.1) is 18.3 Å². The summed E-state index contributed by atoms with van der Waals surface area (Å²) in [5.74, 6) is 0.521. The van der Waals surface area contributed by atoms with Crippen LogP contribution in [0.15, 0.2) is 78.2 Å². The molecule has 0 fully saturated rings. The number of nitriles is 1. The predicted molar refractivity (Wildman–Crippen MR) is 124 cm³/mol. The van der Waals surface area contributed by atoms with E-state index in [4.69, 9.17) is 19.9 Å². The van der Waals surface area contributed by atoms with Gasteiger partial charge in [0.1, 0.15) is 28.9 Å². The molecule has 0 bridgehead atoms. The van der Waals surface area contributed by atoms with Crippen LogP contribution in [0.5, 0.6) is 17.2 Å². The van der Waals surface area contributed by atoms with Crippen molar-refractivity contribution in [1.29, 1.82) is 5.26 Å². The monoisotopic (exact) mass is 440 g/mol. The van der Waals surface area contributed by atoms with Gasteiger partial charge in [0.2, 0.25) is 5.88 Å². The normalized spacial score (nSPS) is 14.6. The molecule has 6 nitrogen and oxygen atoms in total. The Morgan fingerprint density at radius 1 is 1.09 bits per heavy atom. The molecular weight excluding hydrogens is 416 g/mol. The minimum atomic E-state index is -0.467. The molecule has 0 amide bonds. The Morgan fingerprint density at radius 2 is 1.91 bits per heavy atom. The Bertz CT molecular complexity index is 1270. The lowest BCUT2D eigenvalue weighted by Crippen LogP contribution is -2.21. The third-order valence-corrected chi connectivity index (χ3v) is 5.35. The minimum Gasteiger partial charge on any atom is -0.493 e. The lowest BCUT2D eigenvalue weighted by atomic mass is 9.83. The zero-order chi connectivity index (χ0) is 23.4. The van der Waals surface area contributed by atoms with Crippen molar-refractivity contribution in [3.8, 4) is 23.3 Å². The average molecular weight is 440 g/mol. The van der Waals surface area contributed by atoms with E-state index >= 15 is 0 Å². The number of esters is 1. The van der Waals surface area contributed by atoms with E-state index < -0.39 is 11.9 Å². The fraction of sp³-hybridized carbons (Fsp3) is 0.185. The van der Waals surface area contributed by atoms with Gasteiger partial charge in [-0.25, -0.2) is 4.79 Å². The Balaban J connectivity index is 1.71. The maximum absolute atomic E-state index is 12.6. The molecule has 0 radical (unpaired) electrons. The summed E-state index contributed by atoms with van der Waals surface area (Å²) in [5, 5.41) is 9.83. The largest absolute Gasteiger partial charge is 0.493 e. The first-order valence-electron chi connectivity index (χ1n) is 10.7. The lowest BCUT2D eigenvalue weighted by molar-refractivity contribution is 0.0734. The number of nitrogens with zero attached hydrogens (tertiary/aromatic N) is 1. The molecule has 1 unspecified atom stereocenters. The highest BCUT2D eigenvalue weighted by Crippen LogP contribution is 2.45. The summed E-state index contributed by atoms with van der Waals surface area (Å²) < 4.78 is 17.3. The quantitative estimate of drug-likeness (QED) is 0.417. The summed E-state index contributed by atoms with van der Waals surface area (Å²) in [6, 6.07) is 22.1. The number of benzene rings is 3. The average Bonchev–Trinajstić information content (AvgIpc) is 2.82. The topological polar surface area (TPSA) is 94.6 Å². The molecule has 4 rings (SSSR count). The molecule has 1 heterocycles. The van der Waals surface area contributed by atoms with Crippen LogP contribution in [0.3, 0.4) is 0 Å². The third-order valence-electron chi connectivity index (χ3n) is 5.35. The number of fused-ring (bicyclic) bond motifs is 1. The molecule has 0 saturated carbocycles. The number of aryl methyl sites for hydroxylation is 1. The molecule has 1 aliphatic heterocycles. The first kappa shape index (κ1) is 22.0. The zero-order valence-electron chi connectivity index (χ0n) is 18.5. The van der Waals surface area contributed by atoms with E-state index in [0.717, 1.165) is 23.1 Å². The van der Waals surface area contributed by atoms with Gasteiger partial charge < -0.3 is 19.9 Å². The first-order chi connectivity index (χ1) is 16.0. The van der Waals surface area contributed by atoms with Gasteiger partial charge in [-0.1, -0.05) is 48.9 Å². The Morgan fingerprint density at radius 3 is 2.67 bits per heavy atom. The van der Waals surface area contributed by atoms with Gasteiger partial charge in [-0.3, -0.25) is 0 Å². The fourth-order valence-corrected chi connectivity index (χ4v) is 3.82. The second kappa shape index (κ2) is 9.49. The zero-order valence-corrected chi connectivity index (χ0v) is 18.5. The fourth-order valence-electron chi connectivity index (χ4n) is 3.82. The maximum atomic E-state index is 12.6. The lowest BCUT2D eigenvalue weighted by Gasteiger charge is -2.28. The van der Waals surface area contributed by atoms with Crippen molar-refractivity contribution in [1.82, 2.24) is 0 Å². The first-order valence-corrected chi connectivity index (χ1v) is 10.7. The van der Waals surface area contributed by atoms with Crippen molar-refractivity contribution in [2.24, 2.45) is 5.73 Å². The van der Waals surface area contributed by atoms with Crippen LogP contribution in [-0.4, -0.2) is 12.6 Å². The molecule has 1 atom stereocenters. The summed E-state index contributed by atoms with van der Waals surface area (Å²) in [5.41, 5.74) is 9.41. The molecule has 166 valence electrons. The van der Waals surface area contributed by atoms with Gasteiger partial charge in [-0.2, -0.15) is 5.26 Å². The maximum Gasteiger partial charge on any atom is 0.343 e. The number of hydrogen-bond donors (Lipinski definition) is 1. The number of nitrogens with two attached hydrogens (primary N) is 1. The third kappa shape index (κ3) is 4.53. The van der Waals surface area contributed by atoms with Crippen LogP contribution in [0.1, 0.15) is 46.3 Å². The predicted octanol–water partition coefficient (Wildman–Crippen LogP) is 5.22. The number of para-hydroxylation sites is 1. The van der Waals surface area contributed by atoms with Gasteiger partial charge in [0.15, 0.2) is 0 Å². The van der Waals surface area contributed by atoms with Crippen molar-refractivity contribution in [3.05, 3.63) is 100 Å². The Kier molecular flexibility index (Phi) is 6.32. The molecular formula is C27H24N2O4. The van der Waals surface area contributed by atoms with Crippen LogP contribution in [0.2, 0.25) is 0 Å². The Hall–Kier alpha value is -4.24. The van der Waals surface area contributed by atoms with E-state index in [9.17, 15) is 10.1 Å². The van der Waals surface area contributed by atoms with Crippen molar-refractivity contribution < 1.29 is 19.0 Å². The van der Waals surface area contributed by atoms with E-state index in [2.05, 4.69) is 6.07 Å². The van der Waals surface area contributed by atoms with Gasteiger partial charge in [0, 0.05) is 17.2 Å². The van der Waals surface area contributed by atoms with Gasteiger partial charge in [-0.15, -0.1) is 0 Å². The summed E-state index contributed by atoms with van der Waals surface area (Å²) in [4.78, 5) is 12.6. The molecule has 3 aromatic rings. The number of carbonyl (C=O) groups excluding carboxylic acids is 1. The SMILES string of the molecule is CCCOc1ccccc1C1C(C#N)=C(N)Oc2cc(OC(=O)c3cccc(C)c3)ccc21. The summed E-state index contributed by atoms with van der Waals surface area (Å²) in [7, 11) is 0. The molecule has 2 N–H and O–H groups in total. The standard InChI is InChI=1S/C27H24N2O4/c1-3-13-31-23-10-5-4-9-20(23)25-21-12-11-19(15-24(21)33-26(29)22(25)16-28)32-27(30)18-8-6-7-17(2)14-18/h4-12,14-15,25H,3,13,29H2,1-2H3. The summed E-state index contributed by atoms with van der Waals surface area (Å²) in [6.45, 7) is 4.50. The van der Waals surface area contributed by atoms with Crippen LogP contribution in [0.25, 0.3) is 0 Å². The van der Waals surface area contributed by atoms with E-state index in [-0.39, 0.29) is 5.88 Å². The number of rotatable bonds is 6. The van der Waals surface area contributed by atoms with Gasteiger partial charge in [0.05, 0.1) is 18.1 Å². The second-order valence-corrected chi connectivity index (χ2v) is 7.77. The number of hydrogen-bond acceptors (Lipinski definition) is 6. The summed E-state index contributed by atoms with van der Waals surface area (Å²) >= 11 is 0. The number of allylic oxidation sites excluding steroid dienone is 1. The molecule has 0 aliphatic carbocycles. The molecule has 33 heavy (non-hydrogen) atoms. The van der Waals surface area contributed by atoms with Crippen molar-refractivity contribution in [2.45, 2.75) is 26.2 Å². The number of ether oxygens (including phenoxy) is 3. The highest BCUT2D eigenvalue weighted by Gasteiger charge is 2.33. The van der Waals surface area contributed by atoms with Crippen LogP contribution in [0.4, 0.5) is 0 Å². The molecule has 0 saturated heterocycles. The second-order valence-electron chi connectivity index (χ2n) is 7.77. The van der Waals surface area contributed by atoms with Crippen LogP contribution < -0.4 is 19.9 Å². The molecule has 3 aromatic carbocycles. The van der Waals surface area contributed by atoms with Gasteiger partial charge in [0.25, 0.3) is 0 Å². The van der Waals surface area contributed by atoms with Crippen LogP contribution in [-0.2, 0) is 0 Å². The number of carbonyl (C=O) groups is 1. The van der Waals surface area contributed by atoms with E-state index in [0.29, 0.717) is 35.0 Å². The van der Waals surface area contributed by atoms with Crippen LogP contribution >= 0.6 is 0 Å². The molecule has 1 aliphatic rings. The highest BCUT2D eigenvalue weighted by atomic mass is 16.5.